The number of halogens is 3. The molecule has 41 heavy (non-hydrogen) atoms. The number of carbonyl (C=O) groups excluding carboxylic acids is 2. The fourth-order valence-corrected chi connectivity index (χ4v) is 4.64. The zero-order chi connectivity index (χ0) is 30.3. The minimum absolute atomic E-state index is 0.0862. The number of hydrogen-bond acceptors (Lipinski definition) is 6. The van der Waals surface area contributed by atoms with Crippen LogP contribution < -0.4 is 10.1 Å². The number of alkyl halides is 3. The smallest absolute Gasteiger partial charge is 0.389 e. The SMILES string of the molecule is C[C@H]1CN([C@@H](C)CO)C(=O)Cc2cc(NC(=O)CCC(F)(F)F)ccc2O[C@@H]1CN(C)Cc1ccc(C(=O)O)cc1. The Balaban J connectivity index is 1.83. The summed E-state index contributed by atoms with van der Waals surface area (Å²) >= 11 is 0. The second kappa shape index (κ2) is 13.8. The fourth-order valence-electron chi connectivity index (χ4n) is 4.64. The molecule has 0 bridgehead atoms. The van der Waals surface area contributed by atoms with E-state index in [0.29, 0.717) is 30.9 Å². The minimum atomic E-state index is -4.45. The van der Waals surface area contributed by atoms with Crippen LogP contribution in [0.1, 0.15) is 48.2 Å². The molecular formula is C29H36F3N3O6. The number of ether oxygens (including phenoxy) is 1. The number of aromatic carboxylic acids is 1. The molecule has 9 nitrogen and oxygen atoms in total. The fraction of sp³-hybridized carbons (Fsp3) is 0.483. The van der Waals surface area contributed by atoms with Crippen LogP contribution in [-0.2, 0) is 22.6 Å². The Hall–Kier alpha value is -3.64. The third-order valence-corrected chi connectivity index (χ3v) is 6.98. The van der Waals surface area contributed by atoms with Gasteiger partial charge in [-0.1, -0.05) is 19.1 Å². The molecule has 0 spiro atoms. The Morgan fingerprint density at radius 2 is 1.88 bits per heavy atom. The van der Waals surface area contributed by atoms with E-state index in [0.717, 1.165) is 5.56 Å². The molecule has 3 rings (SSSR count). The second-order valence-corrected chi connectivity index (χ2v) is 10.6. The number of aliphatic hydroxyl groups is 1. The average molecular weight is 580 g/mol. The van der Waals surface area contributed by atoms with Crippen LogP contribution in [-0.4, -0.2) is 82.9 Å². The monoisotopic (exact) mass is 579 g/mol. The molecule has 1 aliphatic heterocycles. The number of nitrogens with zero attached hydrogens (tertiary/aromatic N) is 2. The lowest BCUT2D eigenvalue weighted by Crippen LogP contribution is -2.47. The molecule has 0 aliphatic carbocycles. The lowest BCUT2D eigenvalue weighted by atomic mass is 10.0. The van der Waals surface area contributed by atoms with E-state index in [9.17, 15) is 32.7 Å². The van der Waals surface area contributed by atoms with Crippen molar-refractivity contribution in [3.05, 3.63) is 59.2 Å². The van der Waals surface area contributed by atoms with E-state index >= 15 is 0 Å². The predicted octanol–water partition coefficient (Wildman–Crippen LogP) is 3.95. The Morgan fingerprint density at radius 1 is 1.20 bits per heavy atom. The molecule has 0 radical (unpaired) electrons. The molecule has 2 amide bonds. The normalized spacial score (nSPS) is 18.5. The third-order valence-electron chi connectivity index (χ3n) is 6.98. The number of carboxylic acids is 1. The van der Waals surface area contributed by atoms with Crippen molar-refractivity contribution in [2.24, 2.45) is 5.92 Å². The van der Waals surface area contributed by atoms with Gasteiger partial charge in [0, 0.05) is 43.2 Å². The highest BCUT2D eigenvalue weighted by Crippen LogP contribution is 2.30. The predicted molar refractivity (Wildman–Crippen MR) is 146 cm³/mol. The highest BCUT2D eigenvalue weighted by atomic mass is 19.4. The average Bonchev–Trinajstić information content (AvgIpc) is 2.94. The highest BCUT2D eigenvalue weighted by Gasteiger charge is 2.31. The molecule has 0 unspecified atom stereocenters. The van der Waals surface area contributed by atoms with E-state index in [2.05, 4.69) is 5.32 Å². The molecule has 2 aromatic rings. The van der Waals surface area contributed by atoms with Crippen LogP contribution in [0.2, 0.25) is 0 Å². The number of benzene rings is 2. The number of carbonyl (C=O) groups is 3. The Labute approximate surface area is 236 Å². The largest absolute Gasteiger partial charge is 0.488 e. The van der Waals surface area contributed by atoms with Crippen molar-refractivity contribution in [1.29, 1.82) is 0 Å². The number of nitrogens with one attached hydrogen (secondary N) is 1. The van der Waals surface area contributed by atoms with Crippen LogP contribution >= 0.6 is 0 Å². The standard InChI is InChI=1S/C29H36F3N3O6/c1-18-14-35(19(2)17-36)27(38)13-22-12-23(33-26(37)10-11-29(30,31)32)8-9-24(22)41-25(18)16-34(3)15-20-4-6-21(7-5-20)28(39)40/h4-9,12,18-19,25,36H,10-11,13-17H2,1-3H3,(H,33,37)(H,39,40)/t18-,19-,25+/m0/s1. The van der Waals surface area contributed by atoms with E-state index in [-0.39, 0.29) is 36.1 Å². The summed E-state index contributed by atoms with van der Waals surface area (Å²) in [7, 11) is 1.90. The summed E-state index contributed by atoms with van der Waals surface area (Å²) in [5.41, 5.74) is 1.81. The minimum Gasteiger partial charge on any atom is -0.488 e. The number of anilines is 1. The van der Waals surface area contributed by atoms with Gasteiger partial charge in [-0.25, -0.2) is 4.79 Å². The molecule has 3 N–H and O–H groups in total. The zero-order valence-electron chi connectivity index (χ0n) is 23.3. The second-order valence-electron chi connectivity index (χ2n) is 10.6. The summed E-state index contributed by atoms with van der Waals surface area (Å²) in [4.78, 5) is 40.2. The summed E-state index contributed by atoms with van der Waals surface area (Å²) in [5.74, 6) is -1.79. The first-order chi connectivity index (χ1) is 19.3. The van der Waals surface area contributed by atoms with Crippen LogP contribution in [0.5, 0.6) is 5.75 Å². The van der Waals surface area contributed by atoms with Gasteiger partial charge >= 0.3 is 12.1 Å². The van der Waals surface area contributed by atoms with Gasteiger partial charge in [-0.3, -0.25) is 14.5 Å². The van der Waals surface area contributed by atoms with Crippen molar-refractivity contribution >= 4 is 23.5 Å². The molecule has 0 fully saturated rings. The Bertz CT molecular complexity index is 1220. The number of rotatable bonds is 10. The van der Waals surface area contributed by atoms with Gasteiger partial charge in [-0.05, 0) is 49.9 Å². The van der Waals surface area contributed by atoms with Gasteiger partial charge < -0.3 is 25.2 Å². The number of hydrogen-bond donors (Lipinski definition) is 3. The van der Waals surface area contributed by atoms with Crippen LogP contribution in [0.4, 0.5) is 18.9 Å². The topological polar surface area (TPSA) is 119 Å². The van der Waals surface area contributed by atoms with Crippen LogP contribution in [0.3, 0.4) is 0 Å². The van der Waals surface area contributed by atoms with E-state index in [1.54, 1.807) is 42.2 Å². The lowest BCUT2D eigenvalue weighted by Gasteiger charge is -2.34. The van der Waals surface area contributed by atoms with E-state index < -0.39 is 43.0 Å². The molecule has 224 valence electrons. The van der Waals surface area contributed by atoms with Crippen LogP contribution in [0.15, 0.2) is 42.5 Å². The first-order valence-electron chi connectivity index (χ1n) is 13.3. The van der Waals surface area contributed by atoms with Crippen molar-refractivity contribution < 1.29 is 42.5 Å². The maximum Gasteiger partial charge on any atom is 0.389 e. The van der Waals surface area contributed by atoms with Crippen LogP contribution in [0, 0.1) is 5.92 Å². The van der Waals surface area contributed by atoms with Gasteiger partial charge in [0.25, 0.3) is 0 Å². The lowest BCUT2D eigenvalue weighted by molar-refractivity contribution is -0.142. The van der Waals surface area contributed by atoms with E-state index in [1.807, 2.05) is 18.9 Å². The van der Waals surface area contributed by atoms with E-state index in [4.69, 9.17) is 9.84 Å². The third kappa shape index (κ3) is 9.46. The van der Waals surface area contributed by atoms with E-state index in [1.165, 1.54) is 12.1 Å². The Morgan fingerprint density at radius 3 is 2.49 bits per heavy atom. The van der Waals surface area contributed by atoms with Gasteiger partial charge in [-0.15, -0.1) is 0 Å². The maximum absolute atomic E-state index is 13.3. The summed E-state index contributed by atoms with van der Waals surface area (Å²) < 4.78 is 44.0. The van der Waals surface area contributed by atoms with Gasteiger partial charge in [0.15, 0.2) is 0 Å². The zero-order valence-corrected chi connectivity index (χ0v) is 23.3. The van der Waals surface area contributed by atoms with Crippen molar-refractivity contribution in [2.45, 2.75) is 58.0 Å². The van der Waals surface area contributed by atoms with Gasteiger partial charge in [0.05, 0.1) is 31.1 Å². The number of aliphatic hydroxyl groups excluding tert-OH is 1. The van der Waals surface area contributed by atoms with Crippen LogP contribution in [0.25, 0.3) is 0 Å². The number of likely N-dealkylation sites (N-methyl/N-ethyl adjacent to an activating group) is 1. The summed E-state index contributed by atoms with van der Waals surface area (Å²) in [5, 5.41) is 21.4. The van der Waals surface area contributed by atoms with Gasteiger partial charge in [-0.2, -0.15) is 13.2 Å². The molecule has 2 aromatic carbocycles. The molecule has 0 saturated carbocycles. The highest BCUT2D eigenvalue weighted by molar-refractivity contribution is 5.91. The summed E-state index contributed by atoms with van der Waals surface area (Å²) in [6.07, 6.45) is -6.89. The number of amides is 2. The number of carboxylic acid groups (broad SMARTS) is 1. The summed E-state index contributed by atoms with van der Waals surface area (Å²) in [6.45, 7) is 4.73. The van der Waals surface area contributed by atoms with Crippen molar-refractivity contribution in [1.82, 2.24) is 9.80 Å². The quantitative estimate of drug-likeness (QED) is 0.390. The molecule has 0 aromatic heterocycles. The van der Waals surface area contributed by atoms with Crippen molar-refractivity contribution in [3.63, 3.8) is 0 Å². The molecule has 12 heteroatoms. The molecule has 1 aliphatic rings. The molecular weight excluding hydrogens is 543 g/mol. The summed E-state index contributed by atoms with van der Waals surface area (Å²) in [6, 6.07) is 10.8. The maximum atomic E-state index is 13.3. The first-order valence-corrected chi connectivity index (χ1v) is 13.3. The van der Waals surface area contributed by atoms with Crippen molar-refractivity contribution in [3.8, 4) is 5.75 Å². The van der Waals surface area contributed by atoms with Gasteiger partial charge in [0.1, 0.15) is 11.9 Å². The van der Waals surface area contributed by atoms with Crippen molar-refractivity contribution in [2.75, 3.05) is 32.1 Å². The number of fused-ring (bicyclic) bond motifs is 1. The Kier molecular flexibility index (Phi) is 10.7. The molecule has 3 atom stereocenters. The molecule has 0 saturated heterocycles. The molecule has 1 heterocycles. The van der Waals surface area contributed by atoms with Gasteiger partial charge in [0.2, 0.25) is 11.8 Å². The first kappa shape index (κ1) is 31.9.